The first-order chi connectivity index (χ1) is 10.1. The van der Waals surface area contributed by atoms with Gasteiger partial charge in [0, 0.05) is 24.2 Å². The minimum Gasteiger partial charge on any atom is -0.393 e. The molecule has 0 aliphatic carbocycles. The second-order valence-corrected chi connectivity index (χ2v) is 5.64. The summed E-state index contributed by atoms with van der Waals surface area (Å²) in [7, 11) is 0. The zero-order valence-corrected chi connectivity index (χ0v) is 12.1. The van der Waals surface area contributed by atoms with Crippen molar-refractivity contribution in [3.63, 3.8) is 0 Å². The first-order valence-corrected chi connectivity index (χ1v) is 7.23. The molecule has 0 radical (unpaired) electrons. The highest BCUT2D eigenvalue weighted by Crippen LogP contribution is 2.27. The number of carbonyl (C=O) groups is 2. The number of likely N-dealkylation sites (tertiary alicyclic amines) is 1. The molecule has 0 unspecified atom stereocenters. The number of anilines is 1. The predicted octanol–water partition coefficient (Wildman–Crippen LogP) is 1.55. The highest BCUT2D eigenvalue weighted by Gasteiger charge is 2.36. The Hall–Kier alpha value is -1.85. The standard InChI is InChI=1S/C15H15ClN2O3/c16-10-1-3-11(4-2-10)18-14(20)9-13(15(18)21)17-7-5-12(19)6-8-17/h1-4,9,12,19H,5-8H2. The number of imide groups is 1. The SMILES string of the molecule is O=C1C=C(N2CCC(O)CC2)C(=O)N1c1ccc(Cl)cc1. The number of aliphatic hydroxyl groups is 1. The van der Waals surface area contributed by atoms with Crippen LogP contribution in [0.4, 0.5) is 5.69 Å². The van der Waals surface area contributed by atoms with Gasteiger partial charge in [-0.3, -0.25) is 9.59 Å². The summed E-state index contributed by atoms with van der Waals surface area (Å²) in [5.41, 5.74) is 0.916. The third kappa shape index (κ3) is 2.66. The van der Waals surface area contributed by atoms with Gasteiger partial charge in [0.15, 0.2) is 0 Å². The Kier molecular flexibility index (Phi) is 3.69. The number of halogens is 1. The van der Waals surface area contributed by atoms with Crippen LogP contribution in [-0.4, -0.2) is 41.0 Å². The summed E-state index contributed by atoms with van der Waals surface area (Å²) < 4.78 is 0. The van der Waals surface area contributed by atoms with Crippen LogP contribution in [0.3, 0.4) is 0 Å². The Balaban J connectivity index is 1.80. The lowest BCUT2D eigenvalue weighted by molar-refractivity contribution is -0.121. The molecule has 110 valence electrons. The molecule has 1 aromatic carbocycles. The quantitative estimate of drug-likeness (QED) is 0.842. The Bertz CT molecular complexity index is 604. The first-order valence-electron chi connectivity index (χ1n) is 6.85. The van der Waals surface area contributed by atoms with Crippen LogP contribution in [-0.2, 0) is 9.59 Å². The van der Waals surface area contributed by atoms with Crippen LogP contribution >= 0.6 is 11.6 Å². The van der Waals surface area contributed by atoms with Crippen molar-refractivity contribution >= 4 is 29.1 Å². The molecule has 2 aliphatic heterocycles. The molecule has 1 saturated heterocycles. The lowest BCUT2D eigenvalue weighted by atomic mass is 10.1. The fourth-order valence-electron chi connectivity index (χ4n) is 2.63. The number of hydrogen-bond acceptors (Lipinski definition) is 4. The Morgan fingerprint density at radius 1 is 1.10 bits per heavy atom. The van der Waals surface area contributed by atoms with Crippen molar-refractivity contribution in [2.75, 3.05) is 18.0 Å². The van der Waals surface area contributed by atoms with Gasteiger partial charge in [0.05, 0.1) is 11.8 Å². The molecule has 0 aromatic heterocycles. The van der Waals surface area contributed by atoms with Gasteiger partial charge in [-0.25, -0.2) is 4.90 Å². The maximum atomic E-state index is 12.5. The summed E-state index contributed by atoms with van der Waals surface area (Å²) in [5, 5.41) is 10.1. The molecular weight excluding hydrogens is 292 g/mol. The maximum absolute atomic E-state index is 12.5. The van der Waals surface area contributed by atoms with Crippen LogP contribution in [0.5, 0.6) is 0 Å². The van der Waals surface area contributed by atoms with E-state index in [9.17, 15) is 14.7 Å². The highest BCUT2D eigenvalue weighted by molar-refractivity contribution is 6.32. The molecule has 2 heterocycles. The zero-order chi connectivity index (χ0) is 15.0. The van der Waals surface area contributed by atoms with Gasteiger partial charge in [0.1, 0.15) is 5.70 Å². The van der Waals surface area contributed by atoms with Crippen LogP contribution < -0.4 is 4.90 Å². The summed E-state index contributed by atoms with van der Waals surface area (Å²) in [6, 6.07) is 6.59. The highest BCUT2D eigenvalue weighted by atomic mass is 35.5. The monoisotopic (exact) mass is 306 g/mol. The molecule has 21 heavy (non-hydrogen) atoms. The Morgan fingerprint density at radius 2 is 1.71 bits per heavy atom. The lowest BCUT2D eigenvalue weighted by Crippen LogP contribution is -2.40. The molecule has 1 aromatic rings. The maximum Gasteiger partial charge on any atom is 0.281 e. The van der Waals surface area contributed by atoms with E-state index in [-0.39, 0.29) is 17.9 Å². The summed E-state index contributed by atoms with van der Waals surface area (Å²) in [6.07, 6.45) is 2.27. The van der Waals surface area contributed by atoms with Crippen LogP contribution in [0.2, 0.25) is 5.02 Å². The molecule has 2 amide bonds. The van der Waals surface area contributed by atoms with Crippen molar-refractivity contribution in [2.45, 2.75) is 18.9 Å². The lowest BCUT2D eigenvalue weighted by Gasteiger charge is -2.31. The van der Waals surface area contributed by atoms with Crippen LogP contribution in [0.25, 0.3) is 0 Å². The fraction of sp³-hybridized carbons (Fsp3) is 0.333. The van der Waals surface area contributed by atoms with Gasteiger partial charge in [-0.2, -0.15) is 0 Å². The van der Waals surface area contributed by atoms with Crippen molar-refractivity contribution in [1.82, 2.24) is 4.90 Å². The summed E-state index contributed by atoms with van der Waals surface area (Å²) in [5.74, 6) is -0.665. The molecule has 0 spiro atoms. The minimum atomic E-state index is -0.344. The van der Waals surface area contributed by atoms with Gasteiger partial charge in [-0.05, 0) is 37.1 Å². The van der Waals surface area contributed by atoms with E-state index in [1.807, 2.05) is 4.90 Å². The minimum absolute atomic E-state index is 0.318. The smallest absolute Gasteiger partial charge is 0.281 e. The third-order valence-electron chi connectivity index (χ3n) is 3.79. The summed E-state index contributed by atoms with van der Waals surface area (Å²) >= 11 is 5.82. The van der Waals surface area contributed by atoms with Gasteiger partial charge < -0.3 is 10.0 Å². The van der Waals surface area contributed by atoms with E-state index in [1.54, 1.807) is 24.3 Å². The van der Waals surface area contributed by atoms with E-state index >= 15 is 0 Å². The van der Waals surface area contributed by atoms with Gasteiger partial charge in [-0.1, -0.05) is 11.6 Å². The number of amides is 2. The molecule has 0 saturated carbocycles. The number of aliphatic hydroxyl groups excluding tert-OH is 1. The molecule has 1 N–H and O–H groups in total. The second-order valence-electron chi connectivity index (χ2n) is 5.20. The van der Waals surface area contributed by atoms with Gasteiger partial charge in [-0.15, -0.1) is 0 Å². The van der Waals surface area contributed by atoms with Gasteiger partial charge in [0.2, 0.25) is 0 Å². The third-order valence-corrected chi connectivity index (χ3v) is 4.04. The largest absolute Gasteiger partial charge is 0.393 e. The molecule has 6 heteroatoms. The van der Waals surface area contributed by atoms with Crippen molar-refractivity contribution in [2.24, 2.45) is 0 Å². The van der Waals surface area contributed by atoms with Crippen molar-refractivity contribution in [1.29, 1.82) is 0 Å². The van der Waals surface area contributed by atoms with Crippen molar-refractivity contribution in [3.05, 3.63) is 41.1 Å². The summed E-state index contributed by atoms with van der Waals surface area (Å²) in [4.78, 5) is 27.6. The van der Waals surface area contributed by atoms with E-state index in [2.05, 4.69) is 0 Å². The molecule has 2 aliphatic rings. The topological polar surface area (TPSA) is 60.9 Å². The van der Waals surface area contributed by atoms with Crippen LogP contribution in [0.15, 0.2) is 36.0 Å². The number of rotatable bonds is 2. The molecule has 0 atom stereocenters. The van der Waals surface area contributed by atoms with Gasteiger partial charge >= 0.3 is 0 Å². The van der Waals surface area contributed by atoms with Crippen molar-refractivity contribution < 1.29 is 14.7 Å². The Labute approximate surface area is 127 Å². The molecule has 5 nitrogen and oxygen atoms in total. The number of benzene rings is 1. The van der Waals surface area contributed by atoms with E-state index in [0.717, 1.165) is 4.90 Å². The summed E-state index contributed by atoms with van der Waals surface area (Å²) in [6.45, 7) is 1.17. The van der Waals surface area contributed by atoms with Crippen LogP contribution in [0, 0.1) is 0 Å². The molecule has 3 rings (SSSR count). The number of piperidine rings is 1. The van der Waals surface area contributed by atoms with E-state index < -0.39 is 0 Å². The number of carbonyl (C=O) groups excluding carboxylic acids is 2. The zero-order valence-electron chi connectivity index (χ0n) is 11.3. The molecule has 0 bridgehead atoms. The second kappa shape index (κ2) is 5.50. The Morgan fingerprint density at radius 3 is 2.33 bits per heavy atom. The fourth-order valence-corrected chi connectivity index (χ4v) is 2.75. The number of nitrogens with zero attached hydrogens (tertiary/aromatic N) is 2. The van der Waals surface area contributed by atoms with E-state index in [4.69, 9.17) is 11.6 Å². The molecule has 1 fully saturated rings. The van der Waals surface area contributed by atoms with E-state index in [0.29, 0.717) is 42.3 Å². The number of hydrogen-bond donors (Lipinski definition) is 1. The predicted molar refractivity (Wildman–Crippen MR) is 78.8 cm³/mol. The van der Waals surface area contributed by atoms with Crippen LogP contribution in [0.1, 0.15) is 12.8 Å². The average molecular weight is 307 g/mol. The van der Waals surface area contributed by atoms with Gasteiger partial charge in [0.25, 0.3) is 11.8 Å². The normalized spacial score (nSPS) is 20.2. The van der Waals surface area contributed by atoms with E-state index in [1.165, 1.54) is 6.08 Å². The molecular formula is C15H15ClN2O3. The first kappa shape index (κ1) is 14.1. The van der Waals surface area contributed by atoms with Crippen molar-refractivity contribution in [3.8, 4) is 0 Å². The average Bonchev–Trinajstić information content (AvgIpc) is 2.76.